The summed E-state index contributed by atoms with van der Waals surface area (Å²) in [6.45, 7) is 3.49. The number of para-hydroxylation sites is 1. The summed E-state index contributed by atoms with van der Waals surface area (Å²) in [5.41, 5.74) is 4.87. The van der Waals surface area contributed by atoms with Crippen LogP contribution in [-0.4, -0.2) is 52.1 Å². The lowest BCUT2D eigenvalue weighted by Gasteiger charge is -2.26. The number of benzene rings is 3. The van der Waals surface area contributed by atoms with Gasteiger partial charge >= 0.3 is 0 Å². The van der Waals surface area contributed by atoms with E-state index >= 15 is 0 Å². The van der Waals surface area contributed by atoms with Gasteiger partial charge in [0.1, 0.15) is 6.54 Å². The molecule has 0 aromatic heterocycles. The first-order valence-electron chi connectivity index (χ1n) is 12.7. The van der Waals surface area contributed by atoms with Crippen LogP contribution in [0.15, 0.2) is 92.7 Å². The van der Waals surface area contributed by atoms with E-state index in [0.29, 0.717) is 12.1 Å². The smallest absolute Gasteiger partial charge is 0.264 e. The molecular weight excluding hydrogens is 560 g/mol. The van der Waals surface area contributed by atoms with Gasteiger partial charge in [-0.3, -0.25) is 19.4 Å². The molecule has 10 heteroatoms. The molecule has 3 aliphatic rings. The van der Waals surface area contributed by atoms with Gasteiger partial charge in [-0.25, -0.2) is 9.91 Å². The molecule has 0 bridgehead atoms. The van der Waals surface area contributed by atoms with Gasteiger partial charge in [0, 0.05) is 10.9 Å². The van der Waals surface area contributed by atoms with Crippen molar-refractivity contribution < 1.29 is 14.4 Å². The van der Waals surface area contributed by atoms with E-state index in [-0.39, 0.29) is 18.5 Å². The molecule has 3 atom stereocenters. The Kier molecular flexibility index (Phi) is 6.34. The zero-order valence-electron chi connectivity index (χ0n) is 21.4. The molecule has 0 aliphatic carbocycles. The second-order valence-electron chi connectivity index (χ2n) is 9.87. The highest BCUT2D eigenvalue weighted by atomic mass is 79.9. The average Bonchev–Trinajstić information content (AvgIpc) is 3.62. The van der Waals surface area contributed by atoms with Gasteiger partial charge in [-0.15, -0.1) is 0 Å². The van der Waals surface area contributed by atoms with E-state index in [0.717, 1.165) is 32.4 Å². The monoisotopic (exact) mass is 584 g/mol. The van der Waals surface area contributed by atoms with Crippen LogP contribution in [0.4, 0.5) is 5.69 Å². The molecule has 3 aromatic rings. The summed E-state index contributed by atoms with van der Waals surface area (Å²) in [7, 11) is 0. The van der Waals surface area contributed by atoms with Crippen molar-refractivity contribution in [3.8, 4) is 0 Å². The van der Waals surface area contributed by atoms with Crippen molar-refractivity contribution in [3.63, 3.8) is 0 Å². The van der Waals surface area contributed by atoms with Crippen LogP contribution in [0.5, 0.6) is 0 Å². The summed E-state index contributed by atoms with van der Waals surface area (Å²) in [6, 6.07) is 20.9. The normalized spacial score (nSPS) is 22.1. The number of halogens is 1. The van der Waals surface area contributed by atoms with E-state index in [2.05, 4.69) is 26.3 Å². The van der Waals surface area contributed by atoms with Gasteiger partial charge in [0.05, 0.1) is 17.4 Å². The predicted molar refractivity (Wildman–Crippen MR) is 149 cm³/mol. The Morgan fingerprint density at radius 1 is 0.923 bits per heavy atom. The zero-order chi connectivity index (χ0) is 27.3. The Morgan fingerprint density at radius 2 is 1.62 bits per heavy atom. The van der Waals surface area contributed by atoms with Gasteiger partial charge in [-0.2, -0.15) is 10.2 Å². The topological polar surface area (TPSA) is 98.0 Å². The van der Waals surface area contributed by atoms with Gasteiger partial charge in [0.15, 0.2) is 12.1 Å². The number of hydrogen-bond acceptors (Lipinski definition) is 7. The third-order valence-electron chi connectivity index (χ3n) is 7.35. The van der Waals surface area contributed by atoms with E-state index in [4.69, 9.17) is 5.10 Å². The second kappa shape index (κ2) is 9.85. The van der Waals surface area contributed by atoms with Crippen molar-refractivity contribution in [2.24, 2.45) is 15.4 Å². The number of hydrogen-bond donors (Lipinski definition) is 0. The number of carbonyl (C=O) groups excluding carboxylic acids is 3. The predicted octanol–water partition coefficient (Wildman–Crippen LogP) is 4.74. The standard InChI is InChI=1S/C29H25BrN6O3/c1-17-7-6-8-18(2)26(17)35-28(38)25-27(29(35)39)34(33-31-25)16-24(37)36-23(20-9-4-3-5-10-20)15-22(32-36)19-11-13-21(30)14-12-19/h3-14,23,25,27H,15-16H2,1-2H3/t23-,25-,27+/m1/s1. The molecule has 6 rings (SSSR count). The maximum absolute atomic E-state index is 13.7. The van der Waals surface area contributed by atoms with Gasteiger partial charge in [0.25, 0.3) is 17.7 Å². The number of anilines is 1. The Bertz CT molecular complexity index is 1520. The quantitative estimate of drug-likeness (QED) is 0.404. The molecule has 0 radical (unpaired) electrons. The maximum atomic E-state index is 13.7. The lowest BCUT2D eigenvalue weighted by atomic mass is 9.98. The number of rotatable bonds is 5. The Hall–Kier alpha value is -4.18. The van der Waals surface area contributed by atoms with E-state index in [1.165, 1.54) is 14.9 Å². The Morgan fingerprint density at radius 3 is 2.31 bits per heavy atom. The van der Waals surface area contributed by atoms with Crippen molar-refractivity contribution in [1.82, 2.24) is 10.0 Å². The number of hydrazone groups is 1. The second-order valence-corrected chi connectivity index (χ2v) is 10.8. The number of amides is 3. The largest absolute Gasteiger partial charge is 0.271 e. The lowest BCUT2D eigenvalue weighted by molar-refractivity contribution is -0.135. The molecule has 9 nitrogen and oxygen atoms in total. The summed E-state index contributed by atoms with van der Waals surface area (Å²) in [5, 5.41) is 15.7. The number of fused-ring (bicyclic) bond motifs is 1. The third-order valence-corrected chi connectivity index (χ3v) is 7.87. The van der Waals surface area contributed by atoms with Gasteiger partial charge in [-0.1, -0.05) is 81.8 Å². The SMILES string of the molecule is Cc1cccc(C)c1N1C(=O)[C@@H]2[C@@H](N=NN2CC(=O)N2N=C(c3ccc(Br)cc3)C[C@@H]2c2ccccc2)C1=O. The highest BCUT2D eigenvalue weighted by Gasteiger charge is 2.55. The molecule has 1 saturated heterocycles. The van der Waals surface area contributed by atoms with Crippen LogP contribution in [-0.2, 0) is 14.4 Å². The van der Waals surface area contributed by atoms with Crippen LogP contribution in [0.3, 0.4) is 0 Å². The maximum Gasteiger partial charge on any atom is 0.264 e. The molecule has 39 heavy (non-hydrogen) atoms. The first-order valence-corrected chi connectivity index (χ1v) is 13.4. The van der Waals surface area contributed by atoms with Crippen molar-refractivity contribution in [3.05, 3.63) is 99.5 Å². The van der Waals surface area contributed by atoms with Crippen LogP contribution < -0.4 is 4.90 Å². The van der Waals surface area contributed by atoms with Crippen LogP contribution >= 0.6 is 15.9 Å². The fraction of sp³-hybridized carbons (Fsp3) is 0.241. The van der Waals surface area contributed by atoms with Gasteiger partial charge < -0.3 is 0 Å². The van der Waals surface area contributed by atoms with Gasteiger partial charge in [0.2, 0.25) is 0 Å². The van der Waals surface area contributed by atoms with E-state index in [1.54, 1.807) is 0 Å². The van der Waals surface area contributed by atoms with Crippen LogP contribution in [0.25, 0.3) is 0 Å². The van der Waals surface area contributed by atoms with E-state index in [1.807, 2.05) is 86.6 Å². The first kappa shape index (κ1) is 25.1. The van der Waals surface area contributed by atoms with Gasteiger partial charge in [-0.05, 0) is 48.2 Å². The summed E-state index contributed by atoms with van der Waals surface area (Å²) in [6.07, 6.45) is 0.544. The van der Waals surface area contributed by atoms with Crippen LogP contribution in [0, 0.1) is 13.8 Å². The fourth-order valence-electron chi connectivity index (χ4n) is 5.44. The summed E-state index contributed by atoms with van der Waals surface area (Å²) >= 11 is 3.46. The molecule has 0 saturated carbocycles. The minimum Gasteiger partial charge on any atom is -0.271 e. The molecule has 1 fully saturated rings. The summed E-state index contributed by atoms with van der Waals surface area (Å²) in [4.78, 5) is 41.7. The third kappa shape index (κ3) is 4.34. The highest BCUT2D eigenvalue weighted by Crippen LogP contribution is 2.37. The molecule has 3 aliphatic heterocycles. The Labute approximate surface area is 233 Å². The van der Waals surface area contributed by atoms with Crippen LogP contribution in [0.2, 0.25) is 0 Å². The number of aryl methyl sites for hydroxylation is 2. The zero-order valence-corrected chi connectivity index (χ0v) is 22.9. The average molecular weight is 585 g/mol. The lowest BCUT2D eigenvalue weighted by Crippen LogP contribution is -2.45. The first-order chi connectivity index (χ1) is 18.8. The molecule has 0 N–H and O–H groups in total. The van der Waals surface area contributed by atoms with E-state index in [9.17, 15) is 14.4 Å². The number of nitrogens with zero attached hydrogens (tertiary/aromatic N) is 6. The molecule has 3 aromatic carbocycles. The Balaban J connectivity index is 1.27. The molecular formula is C29H25BrN6O3. The molecule has 0 spiro atoms. The van der Waals surface area contributed by atoms with Crippen molar-refractivity contribution >= 4 is 45.1 Å². The molecule has 0 unspecified atom stereocenters. The van der Waals surface area contributed by atoms with Crippen molar-refractivity contribution in [2.75, 3.05) is 11.4 Å². The van der Waals surface area contributed by atoms with Crippen molar-refractivity contribution in [2.45, 2.75) is 38.4 Å². The molecule has 3 heterocycles. The number of imide groups is 1. The van der Waals surface area contributed by atoms with Crippen LogP contribution in [0.1, 0.15) is 34.7 Å². The summed E-state index contributed by atoms with van der Waals surface area (Å²) in [5.74, 6) is -1.19. The highest BCUT2D eigenvalue weighted by molar-refractivity contribution is 9.10. The minimum atomic E-state index is -0.977. The van der Waals surface area contributed by atoms with Crippen molar-refractivity contribution in [1.29, 1.82) is 0 Å². The summed E-state index contributed by atoms with van der Waals surface area (Å²) < 4.78 is 0.956. The fourth-order valence-corrected chi connectivity index (χ4v) is 5.70. The minimum absolute atomic E-state index is 0.231. The molecule has 3 amide bonds. The number of carbonyl (C=O) groups is 3. The van der Waals surface area contributed by atoms with E-state index < -0.39 is 23.9 Å². The molecule has 196 valence electrons.